The summed E-state index contributed by atoms with van der Waals surface area (Å²) in [6, 6.07) is 19.0. The van der Waals surface area contributed by atoms with E-state index in [1.54, 1.807) is 18.2 Å². The van der Waals surface area contributed by atoms with Crippen LogP contribution in [-0.2, 0) is 17.8 Å². The Morgan fingerprint density at radius 2 is 1.63 bits per heavy atom. The van der Waals surface area contributed by atoms with Crippen molar-refractivity contribution in [2.75, 3.05) is 6.54 Å². The van der Waals surface area contributed by atoms with Gasteiger partial charge in [0.25, 0.3) is 11.1 Å². The number of hydrogen-bond acceptors (Lipinski definition) is 4. The normalized spacial score (nSPS) is 14.7. The maximum absolute atomic E-state index is 12.9. The van der Waals surface area contributed by atoms with Crippen molar-refractivity contribution in [1.82, 2.24) is 4.90 Å². The van der Waals surface area contributed by atoms with Crippen molar-refractivity contribution >= 4 is 84.0 Å². The van der Waals surface area contributed by atoms with Crippen LogP contribution in [0.5, 0.6) is 5.75 Å². The average molecular weight is 656 g/mol. The standard InChI is InChI=1S/C26H19Br2Cl2NO3S/c27-19-11-18(12-20(28)24(19)34-15-17-8-9-21(29)22(30)13-17)14-23-25(32)31(26(33)35-23)10-4-7-16-5-2-1-3-6-16/h1-3,5-6,8-9,11-14H,4,7,10,15H2/b23-14+. The van der Waals surface area contributed by atoms with Gasteiger partial charge in [-0.2, -0.15) is 0 Å². The molecule has 0 atom stereocenters. The summed E-state index contributed by atoms with van der Waals surface area (Å²) in [4.78, 5) is 27.0. The summed E-state index contributed by atoms with van der Waals surface area (Å²) in [6.45, 7) is 0.696. The van der Waals surface area contributed by atoms with E-state index in [4.69, 9.17) is 27.9 Å². The van der Waals surface area contributed by atoms with Gasteiger partial charge in [0.2, 0.25) is 0 Å². The van der Waals surface area contributed by atoms with Gasteiger partial charge in [-0.1, -0.05) is 59.6 Å². The first-order chi connectivity index (χ1) is 16.8. The number of ether oxygens (including phenoxy) is 1. The molecule has 0 radical (unpaired) electrons. The first-order valence-electron chi connectivity index (χ1n) is 10.7. The van der Waals surface area contributed by atoms with Crippen LogP contribution < -0.4 is 4.74 Å². The van der Waals surface area contributed by atoms with Gasteiger partial charge < -0.3 is 4.74 Å². The molecule has 4 nitrogen and oxygen atoms in total. The second-order valence-electron chi connectivity index (χ2n) is 7.77. The fraction of sp³-hybridized carbons (Fsp3) is 0.154. The van der Waals surface area contributed by atoms with Gasteiger partial charge in [0.05, 0.1) is 23.9 Å². The Bertz CT molecular complexity index is 1280. The molecule has 0 saturated carbocycles. The number of halogens is 4. The van der Waals surface area contributed by atoms with Crippen molar-refractivity contribution in [3.05, 3.63) is 101 Å². The van der Waals surface area contributed by atoms with Crippen LogP contribution in [0.15, 0.2) is 74.5 Å². The highest BCUT2D eigenvalue weighted by molar-refractivity contribution is 9.11. The van der Waals surface area contributed by atoms with E-state index in [-0.39, 0.29) is 11.1 Å². The third kappa shape index (κ3) is 6.71. The van der Waals surface area contributed by atoms with Crippen LogP contribution in [0.25, 0.3) is 6.08 Å². The highest BCUT2D eigenvalue weighted by Crippen LogP contribution is 2.38. The van der Waals surface area contributed by atoms with Crippen LogP contribution in [0, 0.1) is 0 Å². The fourth-order valence-corrected chi connectivity index (χ4v) is 6.15. The summed E-state index contributed by atoms with van der Waals surface area (Å²) in [5.74, 6) is 0.350. The molecule has 0 spiro atoms. The number of imide groups is 1. The Morgan fingerprint density at radius 1 is 0.914 bits per heavy atom. The zero-order valence-electron chi connectivity index (χ0n) is 18.3. The van der Waals surface area contributed by atoms with Crippen molar-refractivity contribution in [2.45, 2.75) is 19.4 Å². The third-order valence-electron chi connectivity index (χ3n) is 5.25. The summed E-state index contributed by atoms with van der Waals surface area (Å²) in [7, 11) is 0. The summed E-state index contributed by atoms with van der Waals surface area (Å²) in [5, 5.41) is 0.715. The van der Waals surface area contributed by atoms with E-state index < -0.39 is 0 Å². The van der Waals surface area contributed by atoms with Gasteiger partial charge in [0.15, 0.2) is 0 Å². The van der Waals surface area contributed by atoms with Gasteiger partial charge in [-0.15, -0.1) is 0 Å². The van der Waals surface area contributed by atoms with Crippen LogP contribution in [0.4, 0.5) is 4.79 Å². The summed E-state index contributed by atoms with van der Waals surface area (Å²) >= 11 is 20.1. The highest BCUT2D eigenvalue weighted by atomic mass is 79.9. The number of rotatable bonds is 8. The van der Waals surface area contributed by atoms with E-state index in [1.807, 2.05) is 48.5 Å². The molecule has 0 N–H and O–H groups in total. The minimum atomic E-state index is -0.264. The predicted molar refractivity (Wildman–Crippen MR) is 150 cm³/mol. The van der Waals surface area contributed by atoms with Crippen molar-refractivity contribution in [1.29, 1.82) is 0 Å². The molecule has 1 saturated heterocycles. The zero-order valence-corrected chi connectivity index (χ0v) is 23.8. The van der Waals surface area contributed by atoms with Crippen LogP contribution in [0.3, 0.4) is 0 Å². The number of carbonyl (C=O) groups excluding carboxylic acids is 2. The topological polar surface area (TPSA) is 46.6 Å². The van der Waals surface area contributed by atoms with Crippen molar-refractivity contribution in [3.63, 3.8) is 0 Å². The highest BCUT2D eigenvalue weighted by Gasteiger charge is 2.34. The molecule has 35 heavy (non-hydrogen) atoms. The lowest BCUT2D eigenvalue weighted by molar-refractivity contribution is -0.122. The predicted octanol–water partition coefficient (Wildman–Crippen LogP) is 8.77. The smallest absolute Gasteiger partial charge is 0.293 e. The van der Waals surface area contributed by atoms with Crippen LogP contribution in [0.1, 0.15) is 23.1 Å². The van der Waals surface area contributed by atoms with E-state index in [2.05, 4.69) is 31.9 Å². The van der Waals surface area contributed by atoms with Crippen LogP contribution >= 0.6 is 66.8 Å². The largest absolute Gasteiger partial charge is 0.487 e. The number of thioether (sulfide) groups is 1. The molecule has 1 heterocycles. The quantitative estimate of drug-likeness (QED) is 0.228. The Kier molecular flexibility index (Phi) is 9.00. The number of nitrogens with zero attached hydrogens (tertiary/aromatic N) is 1. The summed E-state index contributed by atoms with van der Waals surface area (Å²) in [6.07, 6.45) is 3.25. The first-order valence-corrected chi connectivity index (χ1v) is 13.8. The summed E-state index contributed by atoms with van der Waals surface area (Å²) < 4.78 is 7.38. The second-order valence-corrected chi connectivity index (χ2v) is 11.3. The van der Waals surface area contributed by atoms with E-state index in [0.29, 0.717) is 42.8 Å². The fourth-order valence-electron chi connectivity index (χ4n) is 3.52. The molecule has 0 bridgehead atoms. The number of hydrogen-bond donors (Lipinski definition) is 0. The Labute approximate surface area is 234 Å². The van der Waals surface area contributed by atoms with Crippen LogP contribution in [0.2, 0.25) is 10.0 Å². The van der Waals surface area contributed by atoms with Gasteiger partial charge >= 0.3 is 0 Å². The van der Waals surface area contributed by atoms with Gasteiger partial charge in [-0.05, 0) is 103 Å². The second kappa shape index (κ2) is 12.0. The number of amides is 2. The molecule has 1 aliphatic heterocycles. The van der Waals surface area contributed by atoms with Crippen LogP contribution in [-0.4, -0.2) is 22.6 Å². The number of carbonyl (C=O) groups is 2. The van der Waals surface area contributed by atoms with E-state index in [0.717, 1.165) is 35.7 Å². The average Bonchev–Trinajstić information content (AvgIpc) is 3.08. The number of aryl methyl sites for hydroxylation is 1. The van der Waals surface area contributed by atoms with E-state index >= 15 is 0 Å². The van der Waals surface area contributed by atoms with Gasteiger partial charge in [0, 0.05) is 6.54 Å². The van der Waals surface area contributed by atoms with E-state index in [9.17, 15) is 9.59 Å². The molecule has 0 aromatic heterocycles. The monoisotopic (exact) mass is 653 g/mol. The Hall–Kier alpha value is -1.77. The first kappa shape index (κ1) is 26.3. The van der Waals surface area contributed by atoms with Crippen molar-refractivity contribution in [3.8, 4) is 5.75 Å². The maximum atomic E-state index is 12.9. The third-order valence-corrected chi connectivity index (χ3v) is 8.07. The molecule has 9 heteroatoms. The molecule has 3 aromatic carbocycles. The zero-order chi connectivity index (χ0) is 24.9. The lowest BCUT2D eigenvalue weighted by atomic mass is 10.1. The SMILES string of the molecule is O=C1S/C(=C/c2cc(Br)c(OCc3ccc(Cl)c(Cl)c3)c(Br)c2)C(=O)N1CCCc1ccccc1. The Morgan fingerprint density at radius 3 is 2.31 bits per heavy atom. The molecule has 180 valence electrons. The molecular formula is C26H19Br2Cl2NO3S. The van der Waals surface area contributed by atoms with Crippen molar-refractivity contribution in [2.24, 2.45) is 0 Å². The lowest BCUT2D eigenvalue weighted by Gasteiger charge is -2.13. The minimum Gasteiger partial charge on any atom is -0.487 e. The molecular weight excluding hydrogens is 637 g/mol. The lowest BCUT2D eigenvalue weighted by Crippen LogP contribution is -2.29. The Balaban J connectivity index is 1.41. The summed E-state index contributed by atoms with van der Waals surface area (Å²) in [5.41, 5.74) is 2.83. The molecule has 0 aliphatic carbocycles. The van der Waals surface area contributed by atoms with Crippen molar-refractivity contribution < 1.29 is 14.3 Å². The van der Waals surface area contributed by atoms with Gasteiger partial charge in [0.1, 0.15) is 12.4 Å². The molecule has 3 aromatic rings. The van der Waals surface area contributed by atoms with Gasteiger partial charge in [-0.3, -0.25) is 14.5 Å². The molecule has 4 rings (SSSR count). The molecule has 1 fully saturated rings. The minimum absolute atomic E-state index is 0.242. The molecule has 2 amide bonds. The molecule has 0 unspecified atom stereocenters. The van der Waals surface area contributed by atoms with Gasteiger partial charge in [-0.25, -0.2) is 0 Å². The maximum Gasteiger partial charge on any atom is 0.293 e. The van der Waals surface area contributed by atoms with E-state index in [1.165, 1.54) is 10.5 Å². The molecule has 1 aliphatic rings. The number of benzene rings is 3.